The van der Waals surface area contributed by atoms with Gasteiger partial charge in [-0.2, -0.15) is 5.26 Å². The Hall–Kier alpha value is -2.49. The summed E-state index contributed by atoms with van der Waals surface area (Å²) in [6.45, 7) is 0. The Kier molecular flexibility index (Phi) is 3.45. The van der Waals surface area contributed by atoms with Gasteiger partial charge in [-0.1, -0.05) is 6.07 Å². The smallest absolute Gasteiger partial charge is 0.195 e. The molecule has 0 atom stereocenters. The van der Waals surface area contributed by atoms with E-state index in [1.165, 1.54) is 23.5 Å². The highest BCUT2D eigenvalue weighted by Gasteiger charge is 2.19. The van der Waals surface area contributed by atoms with Crippen LogP contribution < -0.4 is 0 Å². The molecule has 0 radical (unpaired) electrons. The molecule has 1 aromatic carbocycles. The Balaban J connectivity index is 1.97. The SMILES string of the molecule is N#CCc1c(-c2cccs2)nc2scc(-c3ccc(F)cc3)n12. The van der Waals surface area contributed by atoms with E-state index in [1.54, 1.807) is 23.5 Å². The Bertz CT molecular complexity index is 1000. The van der Waals surface area contributed by atoms with Crippen molar-refractivity contribution in [2.24, 2.45) is 0 Å². The summed E-state index contributed by atoms with van der Waals surface area (Å²) in [5, 5.41) is 13.2. The molecule has 0 aliphatic heterocycles. The number of rotatable bonds is 3. The molecule has 0 unspecified atom stereocenters. The largest absolute Gasteiger partial charge is 0.286 e. The molecule has 23 heavy (non-hydrogen) atoms. The van der Waals surface area contributed by atoms with E-state index in [9.17, 15) is 9.65 Å². The highest BCUT2D eigenvalue weighted by molar-refractivity contribution is 7.15. The van der Waals surface area contributed by atoms with Crippen molar-refractivity contribution in [2.45, 2.75) is 6.42 Å². The van der Waals surface area contributed by atoms with Gasteiger partial charge in [0.05, 0.1) is 28.8 Å². The number of nitriles is 1. The lowest BCUT2D eigenvalue weighted by molar-refractivity contribution is 0.628. The zero-order chi connectivity index (χ0) is 15.8. The summed E-state index contributed by atoms with van der Waals surface area (Å²) in [5.74, 6) is -0.262. The number of hydrogen-bond donors (Lipinski definition) is 0. The molecule has 0 saturated carbocycles. The second-order valence-electron chi connectivity index (χ2n) is 4.97. The molecule has 3 nitrogen and oxygen atoms in total. The molecule has 4 aromatic rings. The Morgan fingerprint density at radius 1 is 1.17 bits per heavy atom. The van der Waals surface area contributed by atoms with Crippen LogP contribution >= 0.6 is 22.7 Å². The van der Waals surface area contributed by atoms with Crippen LogP contribution in [-0.4, -0.2) is 9.38 Å². The summed E-state index contributed by atoms with van der Waals surface area (Å²) in [6.07, 6.45) is 0.277. The van der Waals surface area contributed by atoms with E-state index in [2.05, 4.69) is 6.07 Å². The van der Waals surface area contributed by atoms with Crippen molar-refractivity contribution in [1.29, 1.82) is 5.26 Å². The molecule has 4 rings (SSSR count). The van der Waals surface area contributed by atoms with Gasteiger partial charge in [-0.15, -0.1) is 22.7 Å². The van der Waals surface area contributed by atoms with Gasteiger partial charge in [0, 0.05) is 5.38 Å². The Morgan fingerprint density at radius 2 is 2.00 bits per heavy atom. The molecule has 0 spiro atoms. The highest BCUT2D eigenvalue weighted by Crippen LogP contribution is 2.34. The molecule has 0 bridgehead atoms. The molecule has 3 aromatic heterocycles. The molecule has 6 heteroatoms. The topological polar surface area (TPSA) is 41.1 Å². The summed E-state index contributed by atoms with van der Waals surface area (Å²) in [7, 11) is 0. The molecule has 0 amide bonds. The first-order chi connectivity index (χ1) is 11.3. The van der Waals surface area contributed by atoms with E-state index < -0.39 is 0 Å². The van der Waals surface area contributed by atoms with Crippen molar-refractivity contribution < 1.29 is 4.39 Å². The van der Waals surface area contributed by atoms with Crippen LogP contribution in [0.2, 0.25) is 0 Å². The first-order valence-electron chi connectivity index (χ1n) is 6.93. The van der Waals surface area contributed by atoms with Gasteiger partial charge in [-0.3, -0.25) is 4.40 Å². The summed E-state index contributed by atoms with van der Waals surface area (Å²) < 4.78 is 15.2. The molecular formula is C17H10FN3S2. The molecule has 0 aliphatic rings. The van der Waals surface area contributed by atoms with Crippen molar-refractivity contribution in [1.82, 2.24) is 9.38 Å². The minimum absolute atomic E-state index is 0.262. The average molecular weight is 339 g/mol. The minimum Gasteiger partial charge on any atom is -0.286 e. The van der Waals surface area contributed by atoms with Crippen LogP contribution in [0.3, 0.4) is 0 Å². The number of thiazole rings is 1. The van der Waals surface area contributed by atoms with Crippen LogP contribution in [0.5, 0.6) is 0 Å². The summed E-state index contributed by atoms with van der Waals surface area (Å²) >= 11 is 3.13. The Labute approximate surface area is 139 Å². The van der Waals surface area contributed by atoms with Crippen LogP contribution in [0.25, 0.3) is 26.8 Å². The number of aromatic nitrogens is 2. The number of nitrogens with zero attached hydrogens (tertiary/aromatic N) is 3. The highest BCUT2D eigenvalue weighted by atomic mass is 32.1. The number of benzene rings is 1. The molecule has 0 fully saturated rings. The van der Waals surface area contributed by atoms with E-state index >= 15 is 0 Å². The van der Waals surface area contributed by atoms with E-state index in [-0.39, 0.29) is 12.2 Å². The van der Waals surface area contributed by atoms with Gasteiger partial charge in [0.25, 0.3) is 0 Å². The third-order valence-corrected chi connectivity index (χ3v) is 5.30. The van der Waals surface area contributed by atoms with E-state index in [4.69, 9.17) is 4.98 Å². The number of fused-ring (bicyclic) bond motifs is 1. The second kappa shape index (κ2) is 5.61. The van der Waals surface area contributed by atoms with Gasteiger partial charge < -0.3 is 0 Å². The molecule has 0 aliphatic carbocycles. The van der Waals surface area contributed by atoms with Gasteiger partial charge in [-0.05, 0) is 41.3 Å². The summed E-state index contributed by atoms with van der Waals surface area (Å²) in [6, 6.07) is 12.6. The lowest BCUT2D eigenvalue weighted by Crippen LogP contribution is -1.94. The number of imidazole rings is 1. The maximum atomic E-state index is 13.2. The quantitative estimate of drug-likeness (QED) is 0.527. The zero-order valence-corrected chi connectivity index (χ0v) is 13.5. The molecule has 3 heterocycles. The van der Waals surface area contributed by atoms with Crippen molar-refractivity contribution >= 4 is 27.6 Å². The second-order valence-corrected chi connectivity index (χ2v) is 6.75. The molecule has 0 saturated heterocycles. The fourth-order valence-corrected chi connectivity index (χ4v) is 4.24. The third kappa shape index (κ3) is 2.34. The number of halogens is 1. The average Bonchev–Trinajstić information content (AvgIpc) is 3.25. The van der Waals surface area contributed by atoms with Crippen LogP contribution in [-0.2, 0) is 6.42 Å². The predicted octanol–water partition coefficient (Wildman–Crippen LogP) is 5.00. The van der Waals surface area contributed by atoms with Crippen molar-refractivity contribution in [3.63, 3.8) is 0 Å². The van der Waals surface area contributed by atoms with Gasteiger partial charge in [-0.25, -0.2) is 9.37 Å². The summed E-state index contributed by atoms with van der Waals surface area (Å²) in [5.41, 5.74) is 3.58. The van der Waals surface area contributed by atoms with E-state index in [0.29, 0.717) is 0 Å². The van der Waals surface area contributed by atoms with Crippen LogP contribution in [0.4, 0.5) is 4.39 Å². The maximum absolute atomic E-state index is 13.2. The van der Waals surface area contributed by atoms with Crippen LogP contribution in [0, 0.1) is 17.1 Å². The van der Waals surface area contributed by atoms with E-state index in [1.807, 2.05) is 27.3 Å². The number of thiophene rings is 1. The number of hydrogen-bond acceptors (Lipinski definition) is 4. The van der Waals surface area contributed by atoms with Gasteiger partial charge in [0.1, 0.15) is 11.5 Å². The van der Waals surface area contributed by atoms with E-state index in [0.717, 1.165) is 32.5 Å². The van der Waals surface area contributed by atoms with Gasteiger partial charge in [0.2, 0.25) is 0 Å². The fourth-order valence-electron chi connectivity index (χ4n) is 2.59. The van der Waals surface area contributed by atoms with Crippen molar-refractivity contribution in [2.75, 3.05) is 0 Å². The standard InChI is InChI=1S/C17H10FN3S2/c18-12-5-3-11(4-6-12)14-10-23-17-20-16(15-2-1-9-22-15)13(7-8-19)21(14)17/h1-6,9-10H,7H2. The lowest BCUT2D eigenvalue weighted by atomic mass is 10.1. The minimum atomic E-state index is -0.262. The van der Waals surface area contributed by atoms with Crippen LogP contribution in [0.15, 0.2) is 47.2 Å². The van der Waals surface area contributed by atoms with Crippen LogP contribution in [0.1, 0.15) is 5.69 Å². The molecule has 112 valence electrons. The summed E-state index contributed by atoms with van der Waals surface area (Å²) in [4.78, 5) is 6.60. The molecule has 0 N–H and O–H groups in total. The lowest BCUT2D eigenvalue weighted by Gasteiger charge is -2.04. The predicted molar refractivity (Wildman–Crippen MR) is 91.1 cm³/mol. The fraction of sp³-hybridized carbons (Fsp3) is 0.0588. The Morgan fingerprint density at radius 3 is 2.70 bits per heavy atom. The van der Waals surface area contributed by atoms with Gasteiger partial charge in [0.15, 0.2) is 4.96 Å². The maximum Gasteiger partial charge on any atom is 0.195 e. The van der Waals surface area contributed by atoms with Crippen molar-refractivity contribution in [3.05, 3.63) is 58.7 Å². The third-order valence-electron chi connectivity index (χ3n) is 3.60. The zero-order valence-electron chi connectivity index (χ0n) is 11.9. The normalized spacial score (nSPS) is 11.0. The van der Waals surface area contributed by atoms with Gasteiger partial charge >= 0.3 is 0 Å². The first kappa shape index (κ1) is 14.1. The molecular weight excluding hydrogens is 329 g/mol. The first-order valence-corrected chi connectivity index (χ1v) is 8.69. The van der Waals surface area contributed by atoms with Crippen molar-refractivity contribution in [3.8, 4) is 27.9 Å². The monoisotopic (exact) mass is 339 g/mol.